The minimum Gasteiger partial charge on any atom is -0.306 e. The molecule has 0 bridgehead atoms. The number of aromatic nitrogens is 4. The number of nitrogens with zero attached hydrogens (tertiary/aromatic N) is 3. The lowest BCUT2D eigenvalue weighted by Gasteiger charge is -2.10. The average Bonchev–Trinajstić information content (AvgIpc) is 3.42. The number of halogens is 2. The smallest absolute Gasteiger partial charge is 0.258 e. The molecule has 0 radical (unpaired) electrons. The number of hydrogen-bond donors (Lipinski definition) is 2. The Morgan fingerprint density at radius 2 is 2.00 bits per heavy atom. The average molecular weight is 418 g/mol. The number of carbonyl (C=O) groups is 1. The summed E-state index contributed by atoms with van der Waals surface area (Å²) in [6.45, 7) is 3.46. The molecule has 0 unspecified atom stereocenters. The highest BCUT2D eigenvalue weighted by molar-refractivity contribution is 6.36. The number of aromatic amines is 1. The molecule has 2 aromatic heterocycles. The third-order valence-corrected chi connectivity index (χ3v) is 5.29. The number of carbonyl (C=O) groups excluding carboxylic acids is 1. The highest BCUT2D eigenvalue weighted by Crippen LogP contribution is 2.40. The molecule has 0 saturated heterocycles. The molecule has 0 atom stereocenters. The topological polar surface area (TPSA) is 92.7 Å². The number of H-pyrrole nitrogens is 1. The van der Waals surface area contributed by atoms with Gasteiger partial charge in [0.1, 0.15) is 5.82 Å². The van der Waals surface area contributed by atoms with Crippen LogP contribution in [0.2, 0.25) is 10.0 Å². The number of anilines is 1. The summed E-state index contributed by atoms with van der Waals surface area (Å²) in [5.41, 5.74) is 1.97. The molecule has 1 aliphatic carbocycles. The lowest BCUT2D eigenvalue weighted by Crippen LogP contribution is -2.21. The first kappa shape index (κ1) is 18.7. The molecule has 7 nitrogen and oxygen atoms in total. The molecule has 0 aliphatic heterocycles. The summed E-state index contributed by atoms with van der Waals surface area (Å²) < 4.78 is 1.44. The third kappa shape index (κ3) is 3.55. The summed E-state index contributed by atoms with van der Waals surface area (Å²) in [7, 11) is 0. The van der Waals surface area contributed by atoms with E-state index in [9.17, 15) is 9.59 Å². The number of aryl methyl sites for hydroxylation is 1. The number of hydrogen-bond acceptors (Lipinski definition) is 4. The molecule has 1 aliphatic rings. The van der Waals surface area contributed by atoms with Crippen LogP contribution in [0.25, 0.3) is 5.95 Å². The van der Waals surface area contributed by atoms with Crippen molar-refractivity contribution in [3.8, 4) is 5.95 Å². The van der Waals surface area contributed by atoms with Crippen molar-refractivity contribution in [1.82, 2.24) is 19.7 Å². The lowest BCUT2D eigenvalue weighted by molar-refractivity contribution is 0.102. The Labute approximate surface area is 170 Å². The Bertz CT molecular complexity index is 1150. The molecule has 1 aromatic carbocycles. The Morgan fingerprint density at radius 1 is 1.25 bits per heavy atom. The van der Waals surface area contributed by atoms with Crippen molar-refractivity contribution in [2.24, 2.45) is 0 Å². The number of nitrogens with one attached hydrogen (secondary N) is 2. The van der Waals surface area contributed by atoms with Gasteiger partial charge in [-0.05, 0) is 44.9 Å². The summed E-state index contributed by atoms with van der Waals surface area (Å²) >= 11 is 12.1. The SMILES string of the molecule is Cc1nc(-n2nc(C3CC3)cc2NC(=O)c2cc(Cl)ccc2Cl)[nH]c(=O)c1C. The van der Waals surface area contributed by atoms with Gasteiger partial charge >= 0.3 is 0 Å². The van der Waals surface area contributed by atoms with Crippen LogP contribution in [-0.4, -0.2) is 25.7 Å². The second-order valence-electron chi connectivity index (χ2n) is 6.82. The van der Waals surface area contributed by atoms with Crippen molar-refractivity contribution in [3.63, 3.8) is 0 Å². The molecule has 1 fully saturated rings. The van der Waals surface area contributed by atoms with Crippen LogP contribution in [0.15, 0.2) is 29.1 Å². The number of rotatable bonds is 4. The van der Waals surface area contributed by atoms with E-state index in [1.807, 2.05) is 0 Å². The maximum atomic E-state index is 12.8. The van der Waals surface area contributed by atoms with Crippen molar-refractivity contribution in [3.05, 3.63) is 67.2 Å². The molecule has 28 heavy (non-hydrogen) atoms. The molecule has 2 heterocycles. The number of benzene rings is 1. The summed E-state index contributed by atoms with van der Waals surface area (Å²) in [5.74, 6) is 0.564. The zero-order chi connectivity index (χ0) is 20.0. The van der Waals surface area contributed by atoms with E-state index in [2.05, 4.69) is 20.4 Å². The maximum absolute atomic E-state index is 12.8. The molecule has 1 saturated carbocycles. The van der Waals surface area contributed by atoms with Gasteiger partial charge in [-0.15, -0.1) is 0 Å². The Balaban J connectivity index is 1.76. The van der Waals surface area contributed by atoms with Gasteiger partial charge in [-0.3, -0.25) is 14.6 Å². The van der Waals surface area contributed by atoms with Crippen molar-refractivity contribution in [2.75, 3.05) is 5.32 Å². The second kappa shape index (κ2) is 7.07. The van der Waals surface area contributed by atoms with Gasteiger partial charge in [0.2, 0.25) is 5.95 Å². The van der Waals surface area contributed by atoms with Gasteiger partial charge in [0.15, 0.2) is 0 Å². The summed E-state index contributed by atoms with van der Waals surface area (Å²) in [6, 6.07) is 6.47. The summed E-state index contributed by atoms with van der Waals surface area (Å²) in [6.07, 6.45) is 2.09. The largest absolute Gasteiger partial charge is 0.306 e. The molecule has 9 heteroatoms. The van der Waals surface area contributed by atoms with E-state index in [4.69, 9.17) is 23.2 Å². The fourth-order valence-corrected chi connectivity index (χ4v) is 3.19. The van der Waals surface area contributed by atoms with E-state index in [0.717, 1.165) is 18.5 Å². The van der Waals surface area contributed by atoms with E-state index in [0.29, 0.717) is 28.0 Å². The van der Waals surface area contributed by atoms with E-state index < -0.39 is 5.91 Å². The van der Waals surface area contributed by atoms with Crippen molar-refractivity contribution < 1.29 is 4.79 Å². The first-order valence-corrected chi connectivity index (χ1v) is 9.53. The van der Waals surface area contributed by atoms with Crippen LogP contribution in [0.5, 0.6) is 0 Å². The second-order valence-corrected chi connectivity index (χ2v) is 7.66. The van der Waals surface area contributed by atoms with Crippen LogP contribution in [-0.2, 0) is 0 Å². The predicted octanol–water partition coefficient (Wildman–Crippen LogP) is 4.01. The van der Waals surface area contributed by atoms with Gasteiger partial charge in [0.25, 0.3) is 11.5 Å². The zero-order valence-corrected chi connectivity index (χ0v) is 16.7. The van der Waals surface area contributed by atoms with Gasteiger partial charge in [-0.1, -0.05) is 23.2 Å². The standard InChI is InChI=1S/C19H17Cl2N5O2/c1-9-10(2)22-19(24-17(9)27)26-16(8-15(25-26)11-3-4-11)23-18(28)13-7-12(20)5-6-14(13)21/h5-8,11H,3-4H2,1-2H3,(H,23,28)(H,22,24,27). The molecular formula is C19H17Cl2N5O2. The summed E-state index contributed by atoms with van der Waals surface area (Å²) in [4.78, 5) is 32.1. The Hall–Kier alpha value is -2.64. The zero-order valence-electron chi connectivity index (χ0n) is 15.2. The van der Waals surface area contributed by atoms with E-state index in [-0.39, 0.29) is 22.1 Å². The first-order valence-electron chi connectivity index (χ1n) is 8.77. The van der Waals surface area contributed by atoms with Gasteiger partial charge in [0, 0.05) is 28.3 Å². The van der Waals surface area contributed by atoms with Gasteiger partial charge < -0.3 is 5.32 Å². The van der Waals surface area contributed by atoms with Crippen LogP contribution >= 0.6 is 23.2 Å². The monoisotopic (exact) mass is 417 g/mol. The predicted molar refractivity (Wildman–Crippen MR) is 108 cm³/mol. The molecule has 4 rings (SSSR count). The molecule has 3 aromatic rings. The van der Waals surface area contributed by atoms with Crippen LogP contribution < -0.4 is 10.9 Å². The molecule has 1 amide bonds. The van der Waals surface area contributed by atoms with Crippen LogP contribution in [0, 0.1) is 13.8 Å². The van der Waals surface area contributed by atoms with Crippen LogP contribution in [0.1, 0.15) is 46.1 Å². The van der Waals surface area contributed by atoms with Gasteiger partial charge in [-0.2, -0.15) is 9.78 Å². The Morgan fingerprint density at radius 3 is 2.68 bits per heavy atom. The normalized spacial score (nSPS) is 13.6. The van der Waals surface area contributed by atoms with Crippen LogP contribution in [0.4, 0.5) is 5.82 Å². The Kier molecular flexibility index (Phi) is 4.72. The molecule has 0 spiro atoms. The first-order chi connectivity index (χ1) is 13.3. The fraction of sp³-hybridized carbons (Fsp3) is 0.263. The van der Waals surface area contributed by atoms with E-state index >= 15 is 0 Å². The molecule has 2 N–H and O–H groups in total. The minimum absolute atomic E-state index is 0.243. The fourth-order valence-electron chi connectivity index (χ4n) is 2.81. The quantitative estimate of drug-likeness (QED) is 0.670. The van der Waals surface area contributed by atoms with Crippen molar-refractivity contribution >= 4 is 34.9 Å². The van der Waals surface area contributed by atoms with Crippen molar-refractivity contribution in [2.45, 2.75) is 32.6 Å². The maximum Gasteiger partial charge on any atom is 0.258 e. The van der Waals surface area contributed by atoms with E-state index in [1.165, 1.54) is 10.7 Å². The minimum atomic E-state index is -0.429. The molecule has 144 valence electrons. The van der Waals surface area contributed by atoms with Crippen LogP contribution in [0.3, 0.4) is 0 Å². The van der Waals surface area contributed by atoms with Gasteiger partial charge in [-0.25, -0.2) is 4.98 Å². The highest BCUT2D eigenvalue weighted by atomic mass is 35.5. The van der Waals surface area contributed by atoms with E-state index in [1.54, 1.807) is 32.0 Å². The molecular weight excluding hydrogens is 401 g/mol. The third-order valence-electron chi connectivity index (χ3n) is 4.72. The summed E-state index contributed by atoms with van der Waals surface area (Å²) in [5, 5.41) is 8.05. The lowest BCUT2D eigenvalue weighted by atomic mass is 10.2. The van der Waals surface area contributed by atoms with Crippen molar-refractivity contribution in [1.29, 1.82) is 0 Å². The number of amides is 1. The van der Waals surface area contributed by atoms with Gasteiger partial charge in [0.05, 0.1) is 16.3 Å². The highest BCUT2D eigenvalue weighted by Gasteiger charge is 2.28.